The molecule has 0 saturated heterocycles. The van der Waals surface area contributed by atoms with Crippen LogP contribution in [0.2, 0.25) is 0 Å². The maximum atomic E-state index is 10.6. The first-order valence-corrected chi connectivity index (χ1v) is 26.5. The maximum Gasteiger partial charge on any atom is 0.325 e. The van der Waals surface area contributed by atoms with Gasteiger partial charge in [-0.2, -0.15) is 0 Å². The van der Waals surface area contributed by atoms with E-state index in [4.69, 9.17) is 9.79 Å². The molecule has 0 aliphatic rings. The lowest BCUT2D eigenvalue weighted by molar-refractivity contribution is -0.693. The fourth-order valence-corrected chi connectivity index (χ4v) is 7.98. The summed E-state index contributed by atoms with van der Waals surface area (Å²) in [6.07, 6.45) is 43.2. The number of pyridine rings is 2. The van der Waals surface area contributed by atoms with Crippen LogP contribution in [0.4, 0.5) is 0 Å². The minimum atomic E-state index is -4.25. The van der Waals surface area contributed by atoms with E-state index in [1.54, 1.807) is 0 Å². The summed E-state index contributed by atoms with van der Waals surface area (Å²) in [4.78, 5) is 38.3. The molecule has 2 aromatic rings. The molecule has 326 valence electrons. The van der Waals surface area contributed by atoms with Crippen molar-refractivity contribution in [1.29, 1.82) is 0 Å². The van der Waals surface area contributed by atoms with Gasteiger partial charge >= 0.3 is 7.60 Å². The van der Waals surface area contributed by atoms with Gasteiger partial charge in [-0.1, -0.05) is 188 Å². The van der Waals surface area contributed by atoms with Crippen LogP contribution >= 0.6 is 15.2 Å². The van der Waals surface area contributed by atoms with E-state index in [2.05, 4.69) is 85.9 Å². The standard InChI is InChI=1S/2C16H35O3P.C14H18N2/c2*1-2-3-4-5-6-7-8-9-10-11-12-13-14-15-16-20(17,18)19;1-3-15-9-5-13(6-10-15)14-7-11-16(4-2)12-8-14/h2*2-16H2,1H3,(H2,17,18,19);5-12H,3-4H2,1-2H3/q;;+2/p-2. The molecule has 0 spiro atoms. The highest BCUT2D eigenvalue weighted by atomic mass is 31.2. The Balaban J connectivity index is 0.000000814. The van der Waals surface area contributed by atoms with E-state index < -0.39 is 15.2 Å². The molecule has 56 heavy (non-hydrogen) atoms. The van der Waals surface area contributed by atoms with Gasteiger partial charge in [0.15, 0.2) is 24.8 Å². The summed E-state index contributed by atoms with van der Waals surface area (Å²) in [6, 6.07) is 8.65. The molecule has 2 rings (SSSR count). The maximum absolute atomic E-state index is 10.6. The summed E-state index contributed by atoms with van der Waals surface area (Å²) in [7, 11) is -8.00. The Morgan fingerprint density at radius 1 is 0.411 bits per heavy atom. The largest absolute Gasteiger partial charge is 0.811 e. The first-order valence-electron chi connectivity index (χ1n) is 23.0. The van der Waals surface area contributed by atoms with E-state index in [0.717, 1.165) is 38.8 Å². The zero-order valence-corrected chi connectivity index (χ0v) is 38.4. The number of rotatable bonds is 33. The second-order valence-electron chi connectivity index (χ2n) is 15.7. The molecule has 10 heteroatoms. The molecule has 0 amide bonds. The molecular weight excluding hydrogens is 738 g/mol. The van der Waals surface area contributed by atoms with Gasteiger partial charge in [0, 0.05) is 30.4 Å². The fourth-order valence-electron chi connectivity index (χ4n) is 6.73. The highest BCUT2D eigenvalue weighted by molar-refractivity contribution is 7.51. The second-order valence-corrected chi connectivity index (χ2v) is 19.2. The Morgan fingerprint density at radius 2 is 0.643 bits per heavy atom. The average Bonchev–Trinajstić information content (AvgIpc) is 3.18. The van der Waals surface area contributed by atoms with Crippen molar-refractivity contribution in [3.63, 3.8) is 0 Å². The number of hydrogen-bond donors (Lipinski definition) is 2. The van der Waals surface area contributed by atoms with Gasteiger partial charge in [-0.3, -0.25) is 4.57 Å². The Bertz CT molecular complexity index is 1120. The summed E-state index contributed by atoms with van der Waals surface area (Å²) in [5.41, 5.74) is 2.54. The molecule has 0 saturated carbocycles. The molecule has 2 N–H and O–H groups in total. The molecule has 8 nitrogen and oxygen atoms in total. The summed E-state index contributed by atoms with van der Waals surface area (Å²) in [5, 5.41) is 0. The van der Waals surface area contributed by atoms with Gasteiger partial charge in [0.1, 0.15) is 13.1 Å². The van der Waals surface area contributed by atoms with E-state index in [-0.39, 0.29) is 12.3 Å². The molecule has 0 unspecified atom stereocenters. The Labute approximate surface area is 345 Å². The highest BCUT2D eigenvalue weighted by Crippen LogP contribution is 2.35. The van der Waals surface area contributed by atoms with Gasteiger partial charge in [0.2, 0.25) is 0 Å². The average molecular weight is 825 g/mol. The van der Waals surface area contributed by atoms with Crippen molar-refractivity contribution in [3.8, 4) is 11.1 Å². The third kappa shape index (κ3) is 38.1. The van der Waals surface area contributed by atoms with Gasteiger partial charge in [-0.05, 0) is 44.0 Å². The van der Waals surface area contributed by atoms with Crippen molar-refractivity contribution in [1.82, 2.24) is 0 Å². The lowest BCUT2D eigenvalue weighted by Gasteiger charge is -2.29. The Kier molecular flexibility index (Phi) is 36.9. The van der Waals surface area contributed by atoms with E-state index in [1.807, 2.05) is 0 Å². The van der Waals surface area contributed by atoms with E-state index in [1.165, 1.54) is 152 Å². The molecule has 0 aliphatic carbocycles. The lowest BCUT2D eigenvalue weighted by Crippen LogP contribution is -2.31. The third-order valence-corrected chi connectivity index (χ3v) is 12.2. The van der Waals surface area contributed by atoms with E-state index >= 15 is 0 Å². The summed E-state index contributed by atoms with van der Waals surface area (Å²) in [6.45, 7) is 10.8. The quantitative estimate of drug-likeness (QED) is 0.0419. The number of nitrogens with zero attached hydrogens (tertiary/aromatic N) is 2. The molecule has 0 radical (unpaired) electrons. The van der Waals surface area contributed by atoms with Gasteiger partial charge in [0.05, 0.1) is 0 Å². The summed E-state index contributed by atoms with van der Waals surface area (Å²) in [5.74, 6) is 0. The molecule has 2 heterocycles. The van der Waals surface area contributed by atoms with E-state index in [9.17, 15) is 18.9 Å². The zero-order valence-electron chi connectivity index (χ0n) is 36.6. The minimum Gasteiger partial charge on any atom is -0.811 e. The fraction of sp³-hybridized carbons (Fsp3) is 0.783. The van der Waals surface area contributed by atoms with Crippen LogP contribution in [0.15, 0.2) is 49.1 Å². The van der Waals surface area contributed by atoms with Crippen LogP contribution < -0.4 is 18.9 Å². The van der Waals surface area contributed by atoms with Crippen molar-refractivity contribution in [2.45, 2.75) is 221 Å². The smallest absolute Gasteiger partial charge is 0.325 e. The SMILES string of the molecule is CCCCCCCCCCCCCCCCP(=O)(O)O.CCCCCCCCCCCCCCCCP(=O)([O-])[O-].CC[n+]1ccc(-c2cc[n+](CC)cc2)cc1. The predicted molar refractivity (Wildman–Crippen MR) is 234 cm³/mol. The normalized spacial score (nSPS) is 11.5. The number of hydrogen-bond acceptors (Lipinski definition) is 4. The van der Waals surface area contributed by atoms with Crippen molar-refractivity contribution >= 4 is 15.2 Å². The van der Waals surface area contributed by atoms with Crippen LogP contribution in [0.25, 0.3) is 11.1 Å². The first-order chi connectivity index (χ1) is 27.0. The van der Waals surface area contributed by atoms with Gasteiger partial charge in [-0.15, -0.1) is 0 Å². The van der Waals surface area contributed by atoms with Gasteiger partial charge < -0.3 is 24.1 Å². The predicted octanol–water partition coefficient (Wildman–Crippen LogP) is 12.0. The second kappa shape index (κ2) is 37.8. The van der Waals surface area contributed by atoms with Gasteiger partial charge in [-0.25, -0.2) is 9.13 Å². The van der Waals surface area contributed by atoms with Gasteiger partial charge in [0.25, 0.3) is 0 Å². The number of aromatic nitrogens is 2. The summed E-state index contributed by atoms with van der Waals surface area (Å²) >= 11 is 0. The van der Waals surface area contributed by atoms with Crippen LogP contribution in [-0.4, -0.2) is 22.1 Å². The lowest BCUT2D eigenvalue weighted by atomic mass is 10.0. The molecule has 0 bridgehead atoms. The number of aryl methyl sites for hydroxylation is 2. The molecule has 0 atom stereocenters. The molecule has 2 aromatic heterocycles. The van der Waals surface area contributed by atoms with Crippen LogP contribution in [0.1, 0.15) is 207 Å². The topological polar surface area (TPSA) is 128 Å². The molecule has 0 aliphatic heterocycles. The van der Waals surface area contributed by atoms with E-state index in [0.29, 0.717) is 12.8 Å². The Morgan fingerprint density at radius 3 is 0.857 bits per heavy atom. The van der Waals surface area contributed by atoms with Crippen LogP contribution in [-0.2, 0) is 22.2 Å². The van der Waals surface area contributed by atoms with Crippen molar-refractivity contribution < 1.29 is 37.8 Å². The molecular formula is C46H86N2O6P2. The van der Waals surface area contributed by atoms with Crippen molar-refractivity contribution in [2.75, 3.05) is 12.3 Å². The monoisotopic (exact) mass is 825 g/mol. The highest BCUT2D eigenvalue weighted by Gasteiger charge is 2.11. The zero-order chi connectivity index (χ0) is 41.6. The first kappa shape index (κ1) is 54.6. The summed E-state index contributed by atoms with van der Waals surface area (Å²) < 4.78 is 25.4. The number of unbranched alkanes of at least 4 members (excludes halogenated alkanes) is 26. The Hall–Kier alpha value is -1.40. The van der Waals surface area contributed by atoms with Crippen molar-refractivity contribution in [2.24, 2.45) is 0 Å². The van der Waals surface area contributed by atoms with Crippen LogP contribution in [0, 0.1) is 0 Å². The minimum absolute atomic E-state index is 0.0605. The van der Waals surface area contributed by atoms with Crippen LogP contribution in [0.5, 0.6) is 0 Å². The third-order valence-electron chi connectivity index (χ3n) is 10.4. The molecule has 0 aromatic carbocycles. The molecule has 0 fully saturated rings. The van der Waals surface area contributed by atoms with Crippen molar-refractivity contribution in [3.05, 3.63) is 49.1 Å². The van der Waals surface area contributed by atoms with Crippen LogP contribution in [0.3, 0.4) is 0 Å².